The van der Waals surface area contributed by atoms with Crippen molar-refractivity contribution < 1.29 is 14.0 Å². The summed E-state index contributed by atoms with van der Waals surface area (Å²) in [5, 5.41) is 5.99. The fourth-order valence-corrected chi connectivity index (χ4v) is 4.33. The summed E-state index contributed by atoms with van der Waals surface area (Å²) in [6.45, 7) is 0. The van der Waals surface area contributed by atoms with E-state index in [0.29, 0.717) is 17.2 Å². The first-order valence-electron chi connectivity index (χ1n) is 8.60. The lowest BCUT2D eigenvalue weighted by atomic mass is 10.1. The Morgan fingerprint density at radius 3 is 2.59 bits per heavy atom. The predicted molar refractivity (Wildman–Crippen MR) is 120 cm³/mol. The summed E-state index contributed by atoms with van der Waals surface area (Å²) in [5.41, 5.74) is 1.54. The zero-order valence-electron chi connectivity index (χ0n) is 15.2. The number of hydrogen-bond donors (Lipinski definition) is 2. The van der Waals surface area contributed by atoms with Crippen LogP contribution < -0.4 is 10.6 Å². The number of aromatic nitrogens is 1. The van der Waals surface area contributed by atoms with Gasteiger partial charge in [-0.05, 0) is 35.9 Å². The molecule has 150 valence electrons. The summed E-state index contributed by atoms with van der Waals surface area (Å²) in [5.74, 6) is -0.362. The second-order valence-corrected chi connectivity index (χ2v) is 9.05. The molecule has 3 rings (SSSR count). The Balaban J connectivity index is 1.40. The number of amides is 2. The number of nitrogens with zero attached hydrogens (tertiary/aromatic N) is 1. The molecule has 2 amide bonds. The number of anilines is 2. The number of rotatable bonds is 8. The maximum absolute atomic E-state index is 13.3. The highest BCUT2D eigenvalue weighted by Gasteiger charge is 2.10. The molecule has 0 aliphatic carbocycles. The molecule has 1 aromatic heterocycles. The van der Waals surface area contributed by atoms with Gasteiger partial charge >= 0.3 is 0 Å². The minimum Gasteiger partial charge on any atom is -0.325 e. The van der Waals surface area contributed by atoms with Gasteiger partial charge in [0.15, 0.2) is 5.13 Å². The molecule has 9 heteroatoms. The number of carbonyl (C=O) groups excluding carboxylic acids is 2. The van der Waals surface area contributed by atoms with E-state index in [1.807, 2.05) is 18.2 Å². The average Bonchev–Trinajstić information content (AvgIpc) is 3.08. The van der Waals surface area contributed by atoms with Crippen molar-refractivity contribution in [1.82, 2.24) is 4.98 Å². The highest BCUT2D eigenvalue weighted by Crippen LogP contribution is 2.22. The molecule has 1 heterocycles. The van der Waals surface area contributed by atoms with Crippen LogP contribution in [-0.2, 0) is 16.0 Å². The molecule has 0 saturated carbocycles. The Kier molecular flexibility index (Phi) is 7.79. The summed E-state index contributed by atoms with van der Waals surface area (Å²) in [4.78, 5) is 29.1. The molecule has 29 heavy (non-hydrogen) atoms. The lowest BCUT2D eigenvalue weighted by molar-refractivity contribution is -0.114. The van der Waals surface area contributed by atoms with Crippen LogP contribution >= 0.6 is 39.0 Å². The van der Waals surface area contributed by atoms with Crippen LogP contribution in [0.5, 0.6) is 0 Å². The number of nitrogens with one attached hydrogen (secondary N) is 2. The van der Waals surface area contributed by atoms with Crippen molar-refractivity contribution in [2.45, 2.75) is 6.42 Å². The van der Waals surface area contributed by atoms with E-state index in [-0.39, 0.29) is 29.1 Å². The van der Waals surface area contributed by atoms with Crippen LogP contribution in [0, 0.1) is 5.82 Å². The van der Waals surface area contributed by atoms with Gasteiger partial charge in [-0.25, -0.2) is 9.37 Å². The molecular weight excluding hydrogens is 477 g/mol. The van der Waals surface area contributed by atoms with Crippen molar-refractivity contribution in [1.29, 1.82) is 0 Å². The molecular formula is C20H17BrFN3O2S2. The lowest BCUT2D eigenvalue weighted by Crippen LogP contribution is -2.18. The van der Waals surface area contributed by atoms with Crippen molar-refractivity contribution in [2.24, 2.45) is 0 Å². The number of thioether (sulfide) groups is 1. The topological polar surface area (TPSA) is 71.1 Å². The van der Waals surface area contributed by atoms with E-state index in [0.717, 1.165) is 14.9 Å². The molecule has 0 fully saturated rings. The van der Waals surface area contributed by atoms with Gasteiger partial charge in [-0.15, -0.1) is 23.1 Å². The van der Waals surface area contributed by atoms with Crippen LogP contribution in [0.3, 0.4) is 0 Å². The van der Waals surface area contributed by atoms with Gasteiger partial charge in [-0.2, -0.15) is 0 Å². The highest BCUT2D eigenvalue weighted by molar-refractivity contribution is 9.10. The lowest BCUT2D eigenvalue weighted by Gasteiger charge is -2.05. The van der Waals surface area contributed by atoms with E-state index < -0.39 is 0 Å². The van der Waals surface area contributed by atoms with Crippen LogP contribution in [0.2, 0.25) is 0 Å². The Morgan fingerprint density at radius 1 is 1.07 bits per heavy atom. The second kappa shape index (κ2) is 10.5. The van der Waals surface area contributed by atoms with Gasteiger partial charge in [0.25, 0.3) is 0 Å². The number of carbonyl (C=O) groups is 2. The summed E-state index contributed by atoms with van der Waals surface area (Å²) < 4.78 is 14.1. The standard InChI is InChI=1S/C20H17BrFN3O2S2/c21-14-4-2-6-16(9-14)24-18(26)11-28-12-19(27)25-20-23-10-17(29-20)8-13-3-1-5-15(22)7-13/h1-7,9-10H,8,11-12H2,(H,24,26)(H,23,25,27). The predicted octanol–water partition coefficient (Wildman–Crippen LogP) is 4.95. The van der Waals surface area contributed by atoms with Gasteiger partial charge in [-0.3, -0.25) is 9.59 Å². The minimum atomic E-state index is -0.276. The van der Waals surface area contributed by atoms with Crippen LogP contribution in [0.4, 0.5) is 15.2 Å². The Bertz CT molecular complexity index is 1010. The third-order valence-electron chi connectivity index (χ3n) is 3.64. The molecule has 0 radical (unpaired) electrons. The largest absolute Gasteiger partial charge is 0.325 e. The number of benzene rings is 2. The fourth-order valence-electron chi connectivity index (χ4n) is 2.45. The van der Waals surface area contributed by atoms with E-state index in [4.69, 9.17) is 0 Å². The summed E-state index contributed by atoms with van der Waals surface area (Å²) >= 11 is 5.92. The van der Waals surface area contributed by atoms with Crippen molar-refractivity contribution in [3.63, 3.8) is 0 Å². The smallest absolute Gasteiger partial charge is 0.236 e. The summed E-state index contributed by atoms with van der Waals surface area (Å²) in [6.07, 6.45) is 2.22. The molecule has 0 aliphatic heterocycles. The number of thiazole rings is 1. The van der Waals surface area contributed by atoms with Gasteiger partial charge < -0.3 is 10.6 Å². The molecule has 0 unspecified atom stereocenters. The normalized spacial score (nSPS) is 10.6. The van der Waals surface area contributed by atoms with E-state index >= 15 is 0 Å². The molecule has 5 nitrogen and oxygen atoms in total. The maximum Gasteiger partial charge on any atom is 0.236 e. The third kappa shape index (κ3) is 7.26. The van der Waals surface area contributed by atoms with E-state index in [1.165, 1.54) is 35.2 Å². The molecule has 0 bridgehead atoms. The van der Waals surface area contributed by atoms with Gasteiger partial charge in [0.05, 0.1) is 11.5 Å². The molecule has 0 atom stereocenters. The van der Waals surface area contributed by atoms with Gasteiger partial charge in [0, 0.05) is 27.7 Å². The van der Waals surface area contributed by atoms with Gasteiger partial charge in [0.1, 0.15) is 5.82 Å². The SMILES string of the molecule is O=C(CSCC(=O)Nc1ncc(Cc2cccc(F)c2)s1)Nc1cccc(Br)c1. The van der Waals surface area contributed by atoms with E-state index in [2.05, 4.69) is 31.5 Å². The molecule has 2 N–H and O–H groups in total. The van der Waals surface area contributed by atoms with Crippen molar-refractivity contribution in [3.8, 4) is 0 Å². The van der Waals surface area contributed by atoms with Crippen LogP contribution in [-0.4, -0.2) is 28.3 Å². The molecule has 2 aromatic carbocycles. The fraction of sp³-hybridized carbons (Fsp3) is 0.150. The zero-order chi connectivity index (χ0) is 20.6. The highest BCUT2D eigenvalue weighted by atomic mass is 79.9. The first-order valence-corrected chi connectivity index (χ1v) is 11.4. The zero-order valence-corrected chi connectivity index (χ0v) is 18.4. The van der Waals surface area contributed by atoms with Gasteiger partial charge in [-0.1, -0.05) is 34.1 Å². The van der Waals surface area contributed by atoms with Crippen LogP contribution in [0.15, 0.2) is 59.2 Å². The van der Waals surface area contributed by atoms with Crippen molar-refractivity contribution in [3.05, 3.63) is 75.5 Å². The summed E-state index contributed by atoms with van der Waals surface area (Å²) in [7, 11) is 0. The van der Waals surface area contributed by atoms with Crippen molar-refractivity contribution in [2.75, 3.05) is 22.1 Å². The maximum atomic E-state index is 13.3. The second-order valence-electron chi connectivity index (χ2n) is 6.04. The molecule has 0 aliphatic rings. The van der Waals surface area contributed by atoms with E-state index in [1.54, 1.807) is 24.4 Å². The Morgan fingerprint density at radius 2 is 1.83 bits per heavy atom. The first-order chi connectivity index (χ1) is 14.0. The first kappa shape index (κ1) is 21.5. The van der Waals surface area contributed by atoms with E-state index in [9.17, 15) is 14.0 Å². The minimum absolute atomic E-state index is 0.144. The number of hydrogen-bond acceptors (Lipinski definition) is 5. The Hall–Kier alpha value is -2.23. The third-order valence-corrected chi connectivity index (χ3v) is 5.98. The van der Waals surface area contributed by atoms with Crippen molar-refractivity contribution >= 4 is 61.7 Å². The summed E-state index contributed by atoms with van der Waals surface area (Å²) in [6, 6.07) is 13.7. The Labute approximate surface area is 184 Å². The van der Waals surface area contributed by atoms with Crippen LogP contribution in [0.1, 0.15) is 10.4 Å². The molecule has 3 aromatic rings. The molecule has 0 spiro atoms. The average molecular weight is 494 g/mol. The monoisotopic (exact) mass is 493 g/mol. The quantitative estimate of drug-likeness (QED) is 0.465. The van der Waals surface area contributed by atoms with Crippen LogP contribution in [0.25, 0.3) is 0 Å². The van der Waals surface area contributed by atoms with Gasteiger partial charge in [0.2, 0.25) is 11.8 Å². The number of halogens is 2. The molecule has 0 saturated heterocycles.